The van der Waals surface area contributed by atoms with Crippen molar-refractivity contribution in [3.05, 3.63) is 83.6 Å². The number of carbonyl (C=O) groups is 2. The van der Waals surface area contributed by atoms with Crippen LogP contribution in [0.2, 0.25) is 0 Å². The summed E-state index contributed by atoms with van der Waals surface area (Å²) in [6.07, 6.45) is -3.76. The lowest BCUT2D eigenvalue weighted by Gasteiger charge is -2.21. The molecular formula is C25H26F3N3O6S. The molecule has 0 saturated carbocycles. The first-order valence-corrected chi connectivity index (χ1v) is 12.5. The first-order chi connectivity index (χ1) is 17.6. The Morgan fingerprint density at radius 3 is 2.05 bits per heavy atom. The van der Waals surface area contributed by atoms with Gasteiger partial charge in [-0.25, -0.2) is 23.0 Å². The number of anilines is 2. The molecule has 0 spiro atoms. The number of aromatic carboxylic acids is 1. The smallest absolute Gasteiger partial charge is 0.478 e. The minimum absolute atomic E-state index is 0.0854. The standard InChI is InChI=1S/C23H25N3O4S.C2HF3O2/c1-16(2)18-9-11-20(12-10-18)31(29,30)25-19-13-21(23(27)28)22(24-14-19)26(3)15-17-7-5-4-6-8-17;3-2(4,5)1(6)7/h4-14,16,25H,15H2,1-3H3,(H,27,28);(H,6,7). The van der Waals surface area contributed by atoms with Gasteiger partial charge >= 0.3 is 18.1 Å². The Hall–Kier alpha value is -4.13. The quantitative estimate of drug-likeness (QED) is 0.356. The van der Waals surface area contributed by atoms with Crippen LogP contribution in [0.25, 0.3) is 0 Å². The second kappa shape index (κ2) is 12.4. The number of benzene rings is 2. The van der Waals surface area contributed by atoms with Crippen LogP contribution < -0.4 is 9.62 Å². The minimum atomic E-state index is -5.08. The molecule has 204 valence electrons. The van der Waals surface area contributed by atoms with Crippen molar-refractivity contribution in [2.75, 3.05) is 16.7 Å². The summed E-state index contributed by atoms with van der Waals surface area (Å²) in [7, 11) is -2.14. The number of nitrogens with one attached hydrogen (secondary N) is 1. The molecule has 9 nitrogen and oxygen atoms in total. The third kappa shape index (κ3) is 8.47. The molecule has 0 fully saturated rings. The monoisotopic (exact) mass is 553 g/mol. The van der Waals surface area contributed by atoms with E-state index in [2.05, 4.69) is 9.71 Å². The summed E-state index contributed by atoms with van der Waals surface area (Å²) < 4.78 is 59.6. The first-order valence-electron chi connectivity index (χ1n) is 11.0. The second-order valence-corrected chi connectivity index (χ2v) is 10.1. The molecule has 0 atom stereocenters. The average molecular weight is 554 g/mol. The van der Waals surface area contributed by atoms with Crippen molar-refractivity contribution in [2.45, 2.75) is 37.4 Å². The number of aliphatic carboxylic acids is 1. The van der Waals surface area contributed by atoms with Gasteiger partial charge in [0.1, 0.15) is 11.4 Å². The Bertz CT molecular complexity index is 1360. The van der Waals surface area contributed by atoms with Crippen LogP contribution in [0.4, 0.5) is 24.7 Å². The molecule has 3 N–H and O–H groups in total. The van der Waals surface area contributed by atoms with Gasteiger partial charge in [0.2, 0.25) is 0 Å². The molecule has 38 heavy (non-hydrogen) atoms. The normalized spacial score (nSPS) is 11.3. The van der Waals surface area contributed by atoms with E-state index in [0.717, 1.165) is 11.1 Å². The molecule has 0 aliphatic rings. The summed E-state index contributed by atoms with van der Waals surface area (Å²) >= 11 is 0. The molecule has 0 radical (unpaired) electrons. The lowest BCUT2D eigenvalue weighted by molar-refractivity contribution is -0.192. The predicted molar refractivity (Wildman–Crippen MR) is 135 cm³/mol. The van der Waals surface area contributed by atoms with Gasteiger partial charge < -0.3 is 15.1 Å². The van der Waals surface area contributed by atoms with E-state index in [1.165, 1.54) is 24.4 Å². The van der Waals surface area contributed by atoms with E-state index in [1.54, 1.807) is 24.1 Å². The number of nitrogens with zero attached hydrogens (tertiary/aromatic N) is 2. The highest BCUT2D eigenvalue weighted by Crippen LogP contribution is 2.25. The number of alkyl halides is 3. The lowest BCUT2D eigenvalue weighted by atomic mass is 10.0. The van der Waals surface area contributed by atoms with Gasteiger partial charge in [-0.05, 0) is 35.2 Å². The van der Waals surface area contributed by atoms with E-state index < -0.39 is 28.1 Å². The molecule has 0 amide bonds. The Kier molecular flexibility index (Phi) is 9.83. The van der Waals surface area contributed by atoms with E-state index >= 15 is 0 Å². The maximum Gasteiger partial charge on any atom is 0.490 e. The third-order valence-corrected chi connectivity index (χ3v) is 6.47. The molecule has 0 unspecified atom stereocenters. The Labute approximate surface area is 217 Å². The molecular weight excluding hydrogens is 527 g/mol. The fraction of sp³-hybridized carbons (Fsp3) is 0.240. The fourth-order valence-electron chi connectivity index (χ4n) is 3.15. The molecule has 0 bridgehead atoms. The van der Waals surface area contributed by atoms with E-state index in [-0.39, 0.29) is 27.9 Å². The zero-order valence-corrected chi connectivity index (χ0v) is 21.4. The topological polar surface area (TPSA) is 137 Å². The number of aromatic nitrogens is 1. The number of rotatable bonds is 8. The zero-order chi connectivity index (χ0) is 28.7. The number of halogens is 3. The van der Waals surface area contributed by atoms with Crippen molar-refractivity contribution in [2.24, 2.45) is 0 Å². The van der Waals surface area contributed by atoms with Crippen molar-refractivity contribution >= 4 is 33.5 Å². The molecule has 1 heterocycles. The van der Waals surface area contributed by atoms with Crippen molar-refractivity contribution in [3.8, 4) is 0 Å². The Morgan fingerprint density at radius 2 is 1.58 bits per heavy atom. The predicted octanol–water partition coefficient (Wildman–Crippen LogP) is 4.97. The van der Waals surface area contributed by atoms with Crippen LogP contribution in [-0.4, -0.2) is 48.8 Å². The summed E-state index contributed by atoms with van der Waals surface area (Å²) in [6.45, 7) is 4.51. The van der Waals surface area contributed by atoms with Crippen LogP contribution in [0.1, 0.15) is 41.3 Å². The first kappa shape index (κ1) is 30.1. The van der Waals surface area contributed by atoms with Crippen LogP contribution in [0.5, 0.6) is 0 Å². The fourth-order valence-corrected chi connectivity index (χ4v) is 4.19. The summed E-state index contributed by atoms with van der Waals surface area (Å²) in [4.78, 5) is 26.8. The van der Waals surface area contributed by atoms with E-state index in [0.29, 0.717) is 6.54 Å². The van der Waals surface area contributed by atoms with Crippen LogP contribution >= 0.6 is 0 Å². The maximum atomic E-state index is 12.7. The van der Waals surface area contributed by atoms with Gasteiger partial charge in [0.05, 0.1) is 16.8 Å². The molecule has 3 rings (SSSR count). The van der Waals surface area contributed by atoms with Crippen molar-refractivity contribution in [1.82, 2.24) is 4.98 Å². The van der Waals surface area contributed by atoms with Gasteiger partial charge in [0.15, 0.2) is 0 Å². The van der Waals surface area contributed by atoms with Gasteiger partial charge in [0, 0.05) is 13.6 Å². The number of pyridine rings is 1. The number of carboxylic acids is 2. The molecule has 2 aromatic carbocycles. The van der Waals surface area contributed by atoms with Crippen LogP contribution in [-0.2, 0) is 21.4 Å². The second-order valence-electron chi connectivity index (χ2n) is 8.37. The van der Waals surface area contributed by atoms with E-state index in [1.807, 2.05) is 44.2 Å². The van der Waals surface area contributed by atoms with E-state index in [4.69, 9.17) is 9.90 Å². The van der Waals surface area contributed by atoms with Gasteiger partial charge in [-0.1, -0.05) is 56.3 Å². The van der Waals surface area contributed by atoms with Gasteiger partial charge in [-0.15, -0.1) is 0 Å². The van der Waals surface area contributed by atoms with Crippen molar-refractivity contribution in [1.29, 1.82) is 0 Å². The molecule has 13 heteroatoms. The maximum absolute atomic E-state index is 12.7. The molecule has 0 saturated heterocycles. The number of carboxylic acid groups (broad SMARTS) is 2. The third-order valence-electron chi connectivity index (χ3n) is 5.07. The highest BCUT2D eigenvalue weighted by atomic mass is 32.2. The SMILES string of the molecule is CC(C)c1ccc(S(=O)(=O)Nc2cnc(N(C)Cc3ccccc3)c(C(=O)O)c2)cc1.O=C(O)C(F)(F)F. The van der Waals surface area contributed by atoms with Gasteiger partial charge in [-0.2, -0.15) is 13.2 Å². The van der Waals surface area contributed by atoms with Crippen LogP contribution in [0.15, 0.2) is 71.8 Å². The van der Waals surface area contributed by atoms with Crippen molar-refractivity contribution in [3.63, 3.8) is 0 Å². The summed E-state index contributed by atoms with van der Waals surface area (Å²) in [5.41, 5.74) is 2.02. The Balaban J connectivity index is 0.000000638. The number of sulfonamides is 1. The minimum Gasteiger partial charge on any atom is -0.478 e. The lowest BCUT2D eigenvalue weighted by Crippen LogP contribution is -2.21. The van der Waals surface area contributed by atoms with Crippen molar-refractivity contribution < 1.29 is 41.4 Å². The zero-order valence-electron chi connectivity index (χ0n) is 20.6. The number of hydrogen-bond acceptors (Lipinski definition) is 6. The van der Waals surface area contributed by atoms with Crippen LogP contribution in [0.3, 0.4) is 0 Å². The van der Waals surface area contributed by atoms with Gasteiger partial charge in [-0.3, -0.25) is 4.72 Å². The molecule has 0 aliphatic carbocycles. The average Bonchev–Trinajstić information content (AvgIpc) is 2.84. The summed E-state index contributed by atoms with van der Waals surface area (Å²) in [5.74, 6) is -3.41. The summed E-state index contributed by atoms with van der Waals surface area (Å²) in [5, 5.41) is 16.8. The highest BCUT2D eigenvalue weighted by molar-refractivity contribution is 7.92. The van der Waals surface area contributed by atoms with Crippen LogP contribution in [0, 0.1) is 0 Å². The largest absolute Gasteiger partial charge is 0.490 e. The molecule has 3 aromatic rings. The molecule has 0 aliphatic heterocycles. The Morgan fingerprint density at radius 1 is 1.03 bits per heavy atom. The number of hydrogen-bond donors (Lipinski definition) is 3. The summed E-state index contributed by atoms with van der Waals surface area (Å²) in [6, 6.07) is 17.5. The highest BCUT2D eigenvalue weighted by Gasteiger charge is 2.38. The van der Waals surface area contributed by atoms with E-state index in [9.17, 15) is 31.5 Å². The molecule has 1 aromatic heterocycles. The van der Waals surface area contributed by atoms with Gasteiger partial charge in [0.25, 0.3) is 10.0 Å².